The van der Waals surface area contributed by atoms with Crippen molar-refractivity contribution in [2.45, 2.75) is 11.4 Å². The molecule has 0 radical (unpaired) electrons. The summed E-state index contributed by atoms with van der Waals surface area (Å²) in [6, 6.07) is 7.35. The van der Waals surface area contributed by atoms with Crippen molar-refractivity contribution in [1.29, 1.82) is 0 Å². The molecule has 0 unspecified atom stereocenters. The van der Waals surface area contributed by atoms with E-state index in [0.29, 0.717) is 26.2 Å². The van der Waals surface area contributed by atoms with Gasteiger partial charge in [-0.05, 0) is 23.6 Å². The first-order valence-electron chi connectivity index (χ1n) is 8.24. The number of nitrogens with zero attached hydrogens (tertiary/aromatic N) is 4. The third-order valence-electron chi connectivity index (χ3n) is 4.27. The Kier molecular flexibility index (Phi) is 5.14. The summed E-state index contributed by atoms with van der Waals surface area (Å²) in [7, 11) is -3.45. The lowest BCUT2D eigenvalue weighted by atomic mass is 10.3. The van der Waals surface area contributed by atoms with Crippen LogP contribution in [-0.4, -0.2) is 53.8 Å². The van der Waals surface area contributed by atoms with Crippen LogP contribution in [0.15, 0.2) is 52.3 Å². The van der Waals surface area contributed by atoms with E-state index in [1.807, 2.05) is 6.07 Å². The van der Waals surface area contributed by atoms with Crippen LogP contribution in [0.3, 0.4) is 0 Å². The lowest BCUT2D eigenvalue weighted by molar-refractivity contribution is 0.180. The fourth-order valence-electron chi connectivity index (χ4n) is 2.90. The van der Waals surface area contributed by atoms with E-state index in [4.69, 9.17) is 4.98 Å². The van der Waals surface area contributed by atoms with E-state index in [0.717, 1.165) is 17.2 Å². The molecule has 9 heteroatoms. The van der Waals surface area contributed by atoms with Gasteiger partial charge in [0.1, 0.15) is 9.90 Å². The Bertz CT molecular complexity index is 947. The van der Waals surface area contributed by atoms with Gasteiger partial charge in [-0.3, -0.25) is 9.88 Å². The Morgan fingerprint density at radius 3 is 2.62 bits per heavy atom. The van der Waals surface area contributed by atoms with Gasteiger partial charge in [0.25, 0.3) is 0 Å². The second kappa shape index (κ2) is 7.53. The molecule has 1 aliphatic rings. The molecule has 3 aromatic heterocycles. The number of thiophene rings is 1. The van der Waals surface area contributed by atoms with Crippen LogP contribution in [0.5, 0.6) is 0 Å². The lowest BCUT2D eigenvalue weighted by Crippen LogP contribution is -2.48. The van der Waals surface area contributed by atoms with Gasteiger partial charge in [-0.2, -0.15) is 4.31 Å². The number of thiazole rings is 1. The minimum atomic E-state index is -3.45. The van der Waals surface area contributed by atoms with Gasteiger partial charge in [-0.1, -0.05) is 6.07 Å². The number of pyridine rings is 1. The maximum absolute atomic E-state index is 12.6. The highest BCUT2D eigenvalue weighted by Gasteiger charge is 2.28. The first kappa shape index (κ1) is 17.7. The van der Waals surface area contributed by atoms with Crippen molar-refractivity contribution < 1.29 is 8.42 Å². The molecule has 0 spiro atoms. The standard InChI is InChI=1S/C17H18N4O2S3/c22-26(23,15-3-1-5-18-11-15)21-8-6-20(7-9-21)12-14-13-25-17(19-14)16-4-2-10-24-16/h1-5,10-11,13H,6-9,12H2. The SMILES string of the molecule is O=S(=O)(c1cccnc1)N1CCN(Cc2csc(-c3cccs3)n2)CC1. The Morgan fingerprint density at radius 1 is 1.08 bits per heavy atom. The zero-order valence-corrected chi connectivity index (χ0v) is 16.4. The highest BCUT2D eigenvalue weighted by molar-refractivity contribution is 7.89. The van der Waals surface area contributed by atoms with Gasteiger partial charge < -0.3 is 0 Å². The number of aromatic nitrogens is 2. The van der Waals surface area contributed by atoms with E-state index in [9.17, 15) is 8.42 Å². The van der Waals surface area contributed by atoms with Crippen molar-refractivity contribution in [2.24, 2.45) is 0 Å². The van der Waals surface area contributed by atoms with Crippen molar-refractivity contribution in [3.63, 3.8) is 0 Å². The van der Waals surface area contributed by atoms with E-state index >= 15 is 0 Å². The largest absolute Gasteiger partial charge is 0.295 e. The zero-order valence-electron chi connectivity index (χ0n) is 14.0. The lowest BCUT2D eigenvalue weighted by Gasteiger charge is -2.33. The Balaban J connectivity index is 1.37. The van der Waals surface area contributed by atoms with Crippen LogP contribution in [0.2, 0.25) is 0 Å². The quantitative estimate of drug-likeness (QED) is 0.652. The summed E-state index contributed by atoms with van der Waals surface area (Å²) in [4.78, 5) is 12.3. The molecule has 0 atom stereocenters. The van der Waals surface area contributed by atoms with E-state index in [-0.39, 0.29) is 4.90 Å². The first-order valence-corrected chi connectivity index (χ1v) is 11.4. The third-order valence-corrected chi connectivity index (χ3v) is 8.09. The summed E-state index contributed by atoms with van der Waals surface area (Å²) in [6.07, 6.45) is 2.98. The van der Waals surface area contributed by atoms with Crippen LogP contribution in [0, 0.1) is 0 Å². The first-order chi connectivity index (χ1) is 12.6. The van der Waals surface area contributed by atoms with Gasteiger partial charge in [0.15, 0.2) is 0 Å². The zero-order chi connectivity index (χ0) is 18.0. The number of sulfonamides is 1. The highest BCUT2D eigenvalue weighted by Crippen LogP contribution is 2.28. The molecule has 0 N–H and O–H groups in total. The Morgan fingerprint density at radius 2 is 1.92 bits per heavy atom. The molecule has 136 valence electrons. The fraction of sp³-hybridized carbons (Fsp3) is 0.294. The summed E-state index contributed by atoms with van der Waals surface area (Å²) in [5, 5.41) is 5.19. The van der Waals surface area contributed by atoms with E-state index in [2.05, 4.69) is 26.7 Å². The topological polar surface area (TPSA) is 66.4 Å². The van der Waals surface area contributed by atoms with Crippen LogP contribution >= 0.6 is 22.7 Å². The van der Waals surface area contributed by atoms with Crippen molar-refractivity contribution in [2.75, 3.05) is 26.2 Å². The predicted molar refractivity (Wildman–Crippen MR) is 104 cm³/mol. The van der Waals surface area contributed by atoms with Crippen LogP contribution in [0.1, 0.15) is 5.69 Å². The van der Waals surface area contributed by atoms with Crippen LogP contribution < -0.4 is 0 Å². The van der Waals surface area contributed by atoms with E-state index in [1.54, 1.807) is 45.3 Å². The number of hydrogen-bond donors (Lipinski definition) is 0. The second-order valence-corrected chi connectivity index (χ2v) is 9.73. The Labute approximate surface area is 160 Å². The van der Waals surface area contributed by atoms with Crippen LogP contribution in [0.25, 0.3) is 9.88 Å². The summed E-state index contributed by atoms with van der Waals surface area (Å²) in [5.41, 5.74) is 1.04. The Hall–Kier alpha value is -1.65. The predicted octanol–water partition coefficient (Wildman–Crippen LogP) is 2.77. The molecule has 0 aliphatic carbocycles. The molecule has 1 aliphatic heterocycles. The van der Waals surface area contributed by atoms with E-state index in [1.165, 1.54) is 11.1 Å². The van der Waals surface area contributed by atoms with Gasteiger partial charge in [0, 0.05) is 50.5 Å². The summed E-state index contributed by atoms with van der Waals surface area (Å²) in [6.45, 7) is 3.12. The maximum Gasteiger partial charge on any atom is 0.244 e. The molecule has 1 fully saturated rings. The molecule has 3 aromatic rings. The van der Waals surface area contributed by atoms with Crippen LogP contribution in [-0.2, 0) is 16.6 Å². The monoisotopic (exact) mass is 406 g/mol. The number of rotatable bonds is 5. The molecule has 0 saturated carbocycles. The minimum absolute atomic E-state index is 0.258. The van der Waals surface area contributed by atoms with Crippen molar-refractivity contribution >= 4 is 32.7 Å². The summed E-state index contributed by atoms with van der Waals surface area (Å²) >= 11 is 3.35. The van der Waals surface area contributed by atoms with E-state index < -0.39 is 10.0 Å². The third kappa shape index (κ3) is 3.72. The highest BCUT2D eigenvalue weighted by atomic mass is 32.2. The van der Waals surface area contributed by atoms with Gasteiger partial charge in [0.05, 0.1) is 10.6 Å². The molecule has 26 heavy (non-hydrogen) atoms. The molecular weight excluding hydrogens is 388 g/mol. The van der Waals surface area contributed by atoms with Crippen LogP contribution in [0.4, 0.5) is 0 Å². The molecule has 0 bridgehead atoms. The number of piperazine rings is 1. The van der Waals surface area contributed by atoms with Gasteiger partial charge in [0.2, 0.25) is 10.0 Å². The van der Waals surface area contributed by atoms with Crippen molar-refractivity contribution in [3.05, 3.63) is 53.1 Å². The minimum Gasteiger partial charge on any atom is -0.295 e. The number of hydrogen-bond acceptors (Lipinski definition) is 7. The average Bonchev–Trinajstić information content (AvgIpc) is 3.34. The van der Waals surface area contributed by atoms with Gasteiger partial charge >= 0.3 is 0 Å². The van der Waals surface area contributed by atoms with Crippen molar-refractivity contribution in [1.82, 2.24) is 19.2 Å². The molecule has 0 amide bonds. The molecule has 4 heterocycles. The normalized spacial score (nSPS) is 16.8. The fourth-order valence-corrected chi connectivity index (χ4v) is 5.91. The second-order valence-electron chi connectivity index (χ2n) is 5.99. The molecular formula is C17H18N4O2S3. The maximum atomic E-state index is 12.6. The smallest absolute Gasteiger partial charge is 0.244 e. The van der Waals surface area contributed by atoms with Crippen molar-refractivity contribution in [3.8, 4) is 9.88 Å². The molecule has 4 rings (SSSR count). The molecule has 0 aromatic carbocycles. The van der Waals surface area contributed by atoms with Gasteiger partial charge in [-0.25, -0.2) is 13.4 Å². The summed E-state index contributed by atoms with van der Waals surface area (Å²) in [5.74, 6) is 0. The van der Waals surface area contributed by atoms with Gasteiger partial charge in [-0.15, -0.1) is 22.7 Å². The summed E-state index contributed by atoms with van der Waals surface area (Å²) < 4.78 is 26.8. The average molecular weight is 407 g/mol. The molecule has 6 nitrogen and oxygen atoms in total. The molecule has 1 saturated heterocycles.